The lowest BCUT2D eigenvalue weighted by Crippen LogP contribution is -2.50. The highest BCUT2D eigenvalue weighted by Gasteiger charge is 2.36. The molecule has 0 aliphatic carbocycles. The number of carbonyl (C=O) groups excluding carboxylic acids is 2. The van der Waals surface area contributed by atoms with Gasteiger partial charge in [0.05, 0.1) is 19.5 Å². The summed E-state index contributed by atoms with van der Waals surface area (Å²) in [4.78, 5) is 30.5. The van der Waals surface area contributed by atoms with E-state index in [1.54, 1.807) is 17.0 Å². The number of carbonyl (C=O) groups is 2. The number of fused-ring (bicyclic) bond motifs is 1. The van der Waals surface area contributed by atoms with Gasteiger partial charge in [0.15, 0.2) is 5.76 Å². The second-order valence-electron chi connectivity index (χ2n) is 8.48. The Bertz CT molecular complexity index is 1120. The van der Waals surface area contributed by atoms with E-state index in [4.69, 9.17) is 9.15 Å². The summed E-state index contributed by atoms with van der Waals surface area (Å²) in [6.07, 6.45) is 1.93. The fourth-order valence-corrected chi connectivity index (χ4v) is 4.50. The highest BCUT2D eigenvalue weighted by atomic mass is 16.5. The van der Waals surface area contributed by atoms with Crippen LogP contribution < -0.4 is 5.32 Å². The highest BCUT2D eigenvalue weighted by Crippen LogP contribution is 2.26. The van der Waals surface area contributed by atoms with Crippen LogP contribution in [0.5, 0.6) is 0 Å². The average Bonchev–Trinajstić information content (AvgIpc) is 3.39. The van der Waals surface area contributed by atoms with Crippen molar-refractivity contribution in [3.05, 3.63) is 89.4 Å². The third kappa shape index (κ3) is 4.84. The summed E-state index contributed by atoms with van der Waals surface area (Å²) < 4.78 is 10.8. The standard InChI is InChI=1S/C26H27N3O4/c30-25(27-22-8-3-5-19(15-22)17-28-10-13-32-14-11-28)23-16-20-6-1-2-7-21(20)18-29(23)26(31)24-9-4-12-33-24/h1-9,12,15,23H,10-11,13-14,16-18H2,(H,27,30). The zero-order valence-electron chi connectivity index (χ0n) is 18.4. The van der Waals surface area contributed by atoms with Crippen molar-refractivity contribution >= 4 is 17.5 Å². The Morgan fingerprint density at radius 2 is 1.79 bits per heavy atom. The van der Waals surface area contributed by atoms with E-state index < -0.39 is 6.04 Å². The summed E-state index contributed by atoms with van der Waals surface area (Å²) in [5.74, 6) is -0.247. The minimum absolute atomic E-state index is 0.201. The number of amides is 2. The Labute approximate surface area is 192 Å². The molecule has 2 aliphatic heterocycles. The molecule has 170 valence electrons. The molecule has 33 heavy (non-hydrogen) atoms. The number of nitrogens with one attached hydrogen (secondary N) is 1. The van der Waals surface area contributed by atoms with Gasteiger partial charge in [-0.25, -0.2) is 0 Å². The largest absolute Gasteiger partial charge is 0.459 e. The van der Waals surface area contributed by atoms with Gasteiger partial charge in [-0.3, -0.25) is 14.5 Å². The van der Waals surface area contributed by atoms with Crippen molar-refractivity contribution < 1.29 is 18.7 Å². The number of anilines is 1. The zero-order chi connectivity index (χ0) is 22.6. The summed E-state index contributed by atoms with van der Waals surface area (Å²) in [7, 11) is 0. The summed E-state index contributed by atoms with van der Waals surface area (Å²) in [5.41, 5.74) is 4.00. The molecule has 7 nitrogen and oxygen atoms in total. The van der Waals surface area contributed by atoms with E-state index in [9.17, 15) is 9.59 Å². The third-order valence-corrected chi connectivity index (χ3v) is 6.25. The van der Waals surface area contributed by atoms with Gasteiger partial charge in [-0.15, -0.1) is 0 Å². The van der Waals surface area contributed by atoms with Crippen molar-refractivity contribution in [3.63, 3.8) is 0 Å². The van der Waals surface area contributed by atoms with Crippen LogP contribution in [0, 0.1) is 0 Å². The lowest BCUT2D eigenvalue weighted by molar-refractivity contribution is -0.121. The molecule has 3 heterocycles. The van der Waals surface area contributed by atoms with Crippen LogP contribution in [0.3, 0.4) is 0 Å². The van der Waals surface area contributed by atoms with Crippen LogP contribution in [0.25, 0.3) is 0 Å². The summed E-state index contributed by atoms with van der Waals surface area (Å²) in [5, 5.41) is 3.04. The molecule has 1 unspecified atom stereocenters. The zero-order valence-corrected chi connectivity index (χ0v) is 18.4. The number of benzene rings is 2. The van der Waals surface area contributed by atoms with Crippen molar-refractivity contribution in [2.45, 2.75) is 25.6 Å². The Morgan fingerprint density at radius 1 is 0.970 bits per heavy atom. The van der Waals surface area contributed by atoms with E-state index >= 15 is 0 Å². The van der Waals surface area contributed by atoms with E-state index in [0.29, 0.717) is 13.0 Å². The van der Waals surface area contributed by atoms with Crippen LogP contribution in [0.4, 0.5) is 5.69 Å². The minimum Gasteiger partial charge on any atom is -0.459 e. The molecule has 1 fully saturated rings. The molecule has 2 aromatic carbocycles. The topological polar surface area (TPSA) is 75.0 Å². The van der Waals surface area contributed by atoms with Crippen molar-refractivity contribution in [3.8, 4) is 0 Å². The third-order valence-electron chi connectivity index (χ3n) is 6.25. The van der Waals surface area contributed by atoms with Crippen LogP contribution >= 0.6 is 0 Å². The molecule has 0 radical (unpaired) electrons. The fraction of sp³-hybridized carbons (Fsp3) is 0.308. The Kier molecular flexibility index (Phi) is 6.24. The van der Waals surface area contributed by atoms with Gasteiger partial charge in [0.2, 0.25) is 5.91 Å². The number of rotatable bonds is 5. The second kappa shape index (κ2) is 9.60. The quantitative estimate of drug-likeness (QED) is 0.652. The number of nitrogens with zero attached hydrogens (tertiary/aromatic N) is 2. The Morgan fingerprint density at radius 3 is 2.58 bits per heavy atom. The first kappa shape index (κ1) is 21.4. The summed E-state index contributed by atoms with van der Waals surface area (Å²) in [6, 6.07) is 18.5. The van der Waals surface area contributed by atoms with Gasteiger partial charge in [0, 0.05) is 38.3 Å². The van der Waals surface area contributed by atoms with Gasteiger partial charge in [0.1, 0.15) is 6.04 Å². The van der Waals surface area contributed by atoms with Crippen molar-refractivity contribution in [1.82, 2.24) is 9.80 Å². The molecular weight excluding hydrogens is 418 g/mol. The first-order valence-electron chi connectivity index (χ1n) is 11.3. The van der Waals surface area contributed by atoms with Crippen LogP contribution in [-0.2, 0) is 29.0 Å². The first-order valence-corrected chi connectivity index (χ1v) is 11.3. The van der Waals surface area contributed by atoms with Crippen LogP contribution in [0.1, 0.15) is 27.2 Å². The monoisotopic (exact) mass is 445 g/mol. The predicted molar refractivity (Wildman–Crippen MR) is 124 cm³/mol. The predicted octanol–water partition coefficient (Wildman–Crippen LogP) is 3.32. The average molecular weight is 446 g/mol. The number of ether oxygens (including phenoxy) is 1. The fourth-order valence-electron chi connectivity index (χ4n) is 4.50. The minimum atomic E-state index is -0.625. The number of morpholine rings is 1. The number of hydrogen-bond acceptors (Lipinski definition) is 5. The van der Waals surface area contributed by atoms with Gasteiger partial charge in [-0.2, -0.15) is 0 Å². The molecule has 3 aromatic rings. The smallest absolute Gasteiger partial charge is 0.290 e. The molecule has 0 spiro atoms. The van der Waals surface area contributed by atoms with Crippen LogP contribution in [0.15, 0.2) is 71.3 Å². The summed E-state index contributed by atoms with van der Waals surface area (Å²) >= 11 is 0. The molecule has 1 atom stereocenters. The molecule has 0 saturated carbocycles. The van der Waals surface area contributed by atoms with Crippen LogP contribution in [-0.4, -0.2) is 54.0 Å². The first-order chi connectivity index (χ1) is 16.2. The Balaban J connectivity index is 1.34. The molecule has 1 aromatic heterocycles. The molecule has 2 amide bonds. The molecular formula is C26H27N3O4. The maximum atomic E-state index is 13.4. The van der Waals surface area contributed by atoms with E-state index in [0.717, 1.165) is 55.2 Å². The molecule has 1 saturated heterocycles. The second-order valence-corrected chi connectivity index (χ2v) is 8.48. The van der Waals surface area contributed by atoms with Gasteiger partial charge in [-0.05, 0) is 41.0 Å². The van der Waals surface area contributed by atoms with Crippen LogP contribution in [0.2, 0.25) is 0 Å². The van der Waals surface area contributed by atoms with E-state index in [2.05, 4.69) is 16.3 Å². The molecule has 1 N–H and O–H groups in total. The Hall–Kier alpha value is -3.42. The highest BCUT2D eigenvalue weighted by molar-refractivity contribution is 6.00. The summed E-state index contributed by atoms with van der Waals surface area (Å²) in [6.45, 7) is 4.49. The van der Waals surface area contributed by atoms with E-state index in [1.165, 1.54) is 6.26 Å². The van der Waals surface area contributed by atoms with Crippen molar-refractivity contribution in [2.75, 3.05) is 31.6 Å². The normalized spacial score (nSPS) is 18.5. The van der Waals surface area contributed by atoms with Gasteiger partial charge < -0.3 is 19.4 Å². The molecule has 7 heteroatoms. The SMILES string of the molecule is O=C(Nc1cccc(CN2CCOCC2)c1)C1Cc2ccccc2CN1C(=O)c1ccco1. The lowest BCUT2D eigenvalue weighted by Gasteiger charge is -2.35. The van der Waals surface area contributed by atoms with E-state index in [-0.39, 0.29) is 17.6 Å². The molecule has 5 rings (SSSR count). The number of hydrogen-bond donors (Lipinski definition) is 1. The molecule has 2 aliphatic rings. The molecule has 0 bridgehead atoms. The maximum absolute atomic E-state index is 13.4. The maximum Gasteiger partial charge on any atom is 0.290 e. The van der Waals surface area contributed by atoms with Crippen molar-refractivity contribution in [2.24, 2.45) is 0 Å². The van der Waals surface area contributed by atoms with Crippen molar-refractivity contribution in [1.29, 1.82) is 0 Å². The van der Waals surface area contributed by atoms with Gasteiger partial charge in [0.25, 0.3) is 5.91 Å². The van der Waals surface area contributed by atoms with Gasteiger partial charge >= 0.3 is 0 Å². The number of furan rings is 1. The lowest BCUT2D eigenvalue weighted by atomic mass is 9.93. The van der Waals surface area contributed by atoms with Gasteiger partial charge in [-0.1, -0.05) is 36.4 Å². The van der Waals surface area contributed by atoms with E-state index in [1.807, 2.05) is 42.5 Å².